The number of nitrogens with one attached hydrogen (secondary N) is 1. The summed E-state index contributed by atoms with van der Waals surface area (Å²) in [5, 5.41) is 12.8. The van der Waals surface area contributed by atoms with Gasteiger partial charge in [-0.1, -0.05) is 0 Å². The summed E-state index contributed by atoms with van der Waals surface area (Å²) in [7, 11) is 1.58. The summed E-state index contributed by atoms with van der Waals surface area (Å²) in [5.41, 5.74) is 0.415. The van der Waals surface area contributed by atoms with Crippen molar-refractivity contribution in [3.05, 3.63) is 22.6 Å². The molecule has 0 spiro atoms. The molecule has 1 aromatic rings. The van der Waals surface area contributed by atoms with Crippen LogP contribution in [-0.4, -0.2) is 36.9 Å². The number of rotatable bonds is 6. The fourth-order valence-electron chi connectivity index (χ4n) is 1.90. The van der Waals surface area contributed by atoms with Crippen LogP contribution in [0.15, 0.2) is 4.42 Å². The highest BCUT2D eigenvalue weighted by molar-refractivity contribution is 5.96. The molecule has 19 heavy (non-hydrogen) atoms. The smallest absolute Gasteiger partial charge is 0.255 e. The lowest BCUT2D eigenvalue weighted by Crippen LogP contribution is -2.41. The Kier molecular flexibility index (Phi) is 5.14. The van der Waals surface area contributed by atoms with Gasteiger partial charge in [-0.3, -0.25) is 4.79 Å². The second kappa shape index (κ2) is 6.21. The van der Waals surface area contributed by atoms with E-state index in [9.17, 15) is 9.90 Å². The van der Waals surface area contributed by atoms with Gasteiger partial charge in [-0.15, -0.1) is 0 Å². The van der Waals surface area contributed by atoms with Crippen molar-refractivity contribution >= 4 is 5.91 Å². The minimum atomic E-state index is -0.980. The minimum absolute atomic E-state index is 0.179. The first-order valence-electron chi connectivity index (χ1n) is 6.34. The van der Waals surface area contributed by atoms with Crippen molar-refractivity contribution in [3.63, 3.8) is 0 Å². The fourth-order valence-corrected chi connectivity index (χ4v) is 1.90. The molecule has 1 heterocycles. The predicted octanol–water partition coefficient (Wildman–Crippen LogP) is 1.72. The molecule has 1 rings (SSSR count). The Balaban J connectivity index is 2.65. The van der Waals surface area contributed by atoms with Gasteiger partial charge in [-0.25, -0.2) is 0 Å². The normalized spacial score (nSPS) is 14.2. The van der Waals surface area contributed by atoms with E-state index in [0.717, 1.165) is 11.3 Å². The van der Waals surface area contributed by atoms with Gasteiger partial charge in [-0.2, -0.15) is 0 Å². The molecule has 5 heteroatoms. The number of aliphatic hydroxyl groups is 1. The fraction of sp³-hybridized carbons (Fsp3) is 0.643. The zero-order valence-electron chi connectivity index (χ0n) is 12.3. The molecule has 0 radical (unpaired) electrons. The van der Waals surface area contributed by atoms with Crippen LogP contribution >= 0.6 is 0 Å². The number of aryl methyl sites for hydroxylation is 2. The van der Waals surface area contributed by atoms with Crippen LogP contribution in [0, 0.1) is 20.8 Å². The summed E-state index contributed by atoms with van der Waals surface area (Å²) in [6.07, 6.45) is 0.464. The van der Waals surface area contributed by atoms with E-state index in [0.29, 0.717) is 24.4 Å². The zero-order chi connectivity index (χ0) is 14.6. The first kappa shape index (κ1) is 15.7. The molecule has 5 nitrogen and oxygen atoms in total. The molecule has 1 aromatic heterocycles. The van der Waals surface area contributed by atoms with Crippen LogP contribution in [0.5, 0.6) is 0 Å². The molecule has 0 saturated heterocycles. The Morgan fingerprint density at radius 1 is 1.37 bits per heavy atom. The van der Waals surface area contributed by atoms with Gasteiger partial charge in [0, 0.05) is 32.2 Å². The van der Waals surface area contributed by atoms with Gasteiger partial charge >= 0.3 is 0 Å². The number of furan rings is 1. The predicted molar refractivity (Wildman–Crippen MR) is 72.4 cm³/mol. The van der Waals surface area contributed by atoms with Crippen molar-refractivity contribution in [2.45, 2.75) is 39.7 Å². The summed E-state index contributed by atoms with van der Waals surface area (Å²) in [6, 6.07) is 0. The molecular weight excluding hydrogens is 246 g/mol. The lowest BCUT2D eigenvalue weighted by molar-refractivity contribution is 0.0243. The number of carbonyl (C=O) groups is 1. The number of amides is 1. The van der Waals surface area contributed by atoms with E-state index in [2.05, 4.69) is 5.32 Å². The van der Waals surface area contributed by atoms with Crippen LogP contribution in [0.4, 0.5) is 0 Å². The Hall–Kier alpha value is -1.33. The molecule has 108 valence electrons. The number of carbonyl (C=O) groups excluding carboxylic acids is 1. The average Bonchev–Trinajstić information content (AvgIpc) is 2.58. The summed E-state index contributed by atoms with van der Waals surface area (Å²) >= 11 is 0. The molecule has 2 N–H and O–H groups in total. The maximum atomic E-state index is 12.1. The molecule has 1 unspecified atom stereocenters. The van der Waals surface area contributed by atoms with E-state index in [1.807, 2.05) is 13.8 Å². The highest BCUT2D eigenvalue weighted by Gasteiger charge is 2.23. The molecular formula is C14H23NO4. The summed E-state index contributed by atoms with van der Waals surface area (Å²) < 4.78 is 10.3. The zero-order valence-corrected chi connectivity index (χ0v) is 12.3. The molecule has 0 aliphatic carbocycles. The van der Waals surface area contributed by atoms with Gasteiger partial charge in [0.25, 0.3) is 5.91 Å². The maximum Gasteiger partial charge on any atom is 0.255 e. The Morgan fingerprint density at radius 3 is 2.47 bits per heavy atom. The molecule has 1 atom stereocenters. The van der Waals surface area contributed by atoms with Crippen LogP contribution in [0.25, 0.3) is 0 Å². The molecule has 0 aromatic carbocycles. The Bertz CT molecular complexity index is 449. The SMILES string of the molecule is COCCC(C)(O)CNC(=O)c1c(C)oc(C)c1C. The monoisotopic (exact) mass is 269 g/mol. The Labute approximate surface area is 113 Å². The Morgan fingerprint density at radius 2 is 2.00 bits per heavy atom. The third kappa shape index (κ3) is 4.08. The number of hydrogen-bond donors (Lipinski definition) is 2. The molecule has 0 saturated carbocycles. The van der Waals surface area contributed by atoms with Crippen LogP contribution in [0.3, 0.4) is 0 Å². The van der Waals surface area contributed by atoms with E-state index in [1.54, 1.807) is 21.0 Å². The van der Waals surface area contributed by atoms with Crippen LogP contribution in [0.2, 0.25) is 0 Å². The highest BCUT2D eigenvalue weighted by atomic mass is 16.5. The molecule has 0 fully saturated rings. The lowest BCUT2D eigenvalue weighted by atomic mass is 10.0. The van der Waals surface area contributed by atoms with Crippen molar-refractivity contribution in [3.8, 4) is 0 Å². The van der Waals surface area contributed by atoms with E-state index in [1.165, 1.54) is 0 Å². The average molecular weight is 269 g/mol. The number of methoxy groups -OCH3 is 1. The van der Waals surface area contributed by atoms with Gasteiger partial charge in [-0.05, 0) is 27.7 Å². The van der Waals surface area contributed by atoms with Crippen molar-refractivity contribution in [1.82, 2.24) is 5.32 Å². The molecule has 1 amide bonds. The number of hydrogen-bond acceptors (Lipinski definition) is 4. The topological polar surface area (TPSA) is 71.7 Å². The first-order valence-corrected chi connectivity index (χ1v) is 6.34. The van der Waals surface area contributed by atoms with Crippen molar-refractivity contribution < 1.29 is 19.1 Å². The number of ether oxygens (including phenoxy) is 1. The minimum Gasteiger partial charge on any atom is -0.466 e. The van der Waals surface area contributed by atoms with Gasteiger partial charge in [0.05, 0.1) is 11.2 Å². The summed E-state index contributed by atoms with van der Waals surface area (Å²) in [4.78, 5) is 12.1. The first-order chi connectivity index (χ1) is 8.78. The maximum absolute atomic E-state index is 12.1. The second-order valence-electron chi connectivity index (χ2n) is 5.14. The van der Waals surface area contributed by atoms with Crippen molar-refractivity contribution in [2.75, 3.05) is 20.3 Å². The van der Waals surface area contributed by atoms with Gasteiger partial charge in [0.2, 0.25) is 0 Å². The van der Waals surface area contributed by atoms with Crippen molar-refractivity contribution in [2.24, 2.45) is 0 Å². The molecule has 0 bridgehead atoms. The van der Waals surface area contributed by atoms with Crippen molar-refractivity contribution in [1.29, 1.82) is 0 Å². The third-order valence-electron chi connectivity index (χ3n) is 3.26. The third-order valence-corrected chi connectivity index (χ3v) is 3.26. The van der Waals surface area contributed by atoms with E-state index >= 15 is 0 Å². The largest absolute Gasteiger partial charge is 0.466 e. The lowest BCUT2D eigenvalue weighted by Gasteiger charge is -2.23. The quantitative estimate of drug-likeness (QED) is 0.825. The standard InChI is InChI=1S/C14H23NO4/c1-9-10(2)19-11(3)12(9)13(16)15-8-14(4,17)6-7-18-5/h17H,6-8H2,1-5H3,(H,15,16). The van der Waals surface area contributed by atoms with Crippen LogP contribution in [0.1, 0.15) is 40.8 Å². The second-order valence-corrected chi connectivity index (χ2v) is 5.14. The van der Waals surface area contributed by atoms with Gasteiger partial charge < -0.3 is 19.6 Å². The van der Waals surface area contributed by atoms with E-state index in [-0.39, 0.29) is 12.5 Å². The molecule has 0 aliphatic heterocycles. The molecule has 0 aliphatic rings. The summed E-state index contributed by atoms with van der Waals surface area (Å²) in [5.74, 6) is 1.13. The summed E-state index contributed by atoms with van der Waals surface area (Å²) in [6.45, 7) is 7.74. The van der Waals surface area contributed by atoms with Crippen LogP contribution < -0.4 is 5.32 Å². The highest BCUT2D eigenvalue weighted by Crippen LogP contribution is 2.20. The van der Waals surface area contributed by atoms with Gasteiger partial charge in [0.15, 0.2) is 0 Å². The van der Waals surface area contributed by atoms with E-state index < -0.39 is 5.60 Å². The van der Waals surface area contributed by atoms with E-state index in [4.69, 9.17) is 9.15 Å². The van der Waals surface area contributed by atoms with Gasteiger partial charge in [0.1, 0.15) is 11.5 Å². The van der Waals surface area contributed by atoms with Crippen LogP contribution in [-0.2, 0) is 4.74 Å².